The molecule has 0 aliphatic heterocycles. The van der Waals surface area contributed by atoms with Crippen molar-refractivity contribution in [1.82, 2.24) is 9.78 Å². The van der Waals surface area contributed by atoms with E-state index in [4.69, 9.17) is 9.84 Å². The fourth-order valence-electron chi connectivity index (χ4n) is 1.31. The van der Waals surface area contributed by atoms with Crippen LogP contribution in [0.1, 0.15) is 6.92 Å². The van der Waals surface area contributed by atoms with Crippen molar-refractivity contribution >= 4 is 0 Å². The zero-order valence-electron chi connectivity index (χ0n) is 9.08. The summed E-state index contributed by atoms with van der Waals surface area (Å²) in [5.41, 5.74) is 0.981. The zero-order valence-corrected chi connectivity index (χ0v) is 9.08. The molecule has 0 radical (unpaired) electrons. The lowest BCUT2D eigenvalue weighted by molar-refractivity contribution is 0.119. The van der Waals surface area contributed by atoms with Gasteiger partial charge in [-0.15, -0.1) is 5.10 Å². The Hall–Kier alpha value is -1.81. The van der Waals surface area contributed by atoms with Crippen LogP contribution in [0.5, 0.6) is 5.88 Å². The highest BCUT2D eigenvalue weighted by Gasteiger charge is 2.02. The lowest BCUT2D eigenvalue weighted by atomic mass is 10.3. The predicted molar refractivity (Wildman–Crippen MR) is 60.7 cm³/mol. The first-order valence-electron chi connectivity index (χ1n) is 5.17. The number of aliphatic hydroxyl groups is 1. The van der Waals surface area contributed by atoms with E-state index in [1.807, 2.05) is 36.5 Å². The second-order valence-corrected chi connectivity index (χ2v) is 3.59. The van der Waals surface area contributed by atoms with Gasteiger partial charge >= 0.3 is 0 Å². The maximum atomic E-state index is 9.08. The van der Waals surface area contributed by atoms with E-state index in [1.165, 1.54) is 0 Å². The van der Waals surface area contributed by atoms with Gasteiger partial charge in [-0.25, -0.2) is 4.68 Å². The second kappa shape index (κ2) is 4.81. The van der Waals surface area contributed by atoms with Gasteiger partial charge in [-0.1, -0.05) is 18.2 Å². The molecule has 0 amide bonds. The van der Waals surface area contributed by atoms with Gasteiger partial charge in [0.05, 0.1) is 11.8 Å². The van der Waals surface area contributed by atoms with Crippen LogP contribution in [0.4, 0.5) is 0 Å². The molecular weight excluding hydrogens is 204 g/mol. The van der Waals surface area contributed by atoms with Crippen molar-refractivity contribution in [3.05, 3.63) is 42.6 Å². The summed E-state index contributed by atoms with van der Waals surface area (Å²) in [6.07, 6.45) is 1.34. The number of hydrogen-bond donors (Lipinski definition) is 1. The molecule has 84 valence electrons. The number of benzene rings is 1. The molecule has 2 rings (SSSR count). The Morgan fingerprint density at radius 1 is 1.31 bits per heavy atom. The number of ether oxygens (including phenoxy) is 1. The Labute approximate surface area is 94.1 Å². The van der Waals surface area contributed by atoms with E-state index >= 15 is 0 Å². The molecule has 1 heterocycles. The maximum Gasteiger partial charge on any atom is 0.233 e. The van der Waals surface area contributed by atoms with Gasteiger partial charge in [0, 0.05) is 12.3 Å². The monoisotopic (exact) mass is 218 g/mol. The Morgan fingerprint density at radius 2 is 2.06 bits per heavy atom. The first-order valence-corrected chi connectivity index (χ1v) is 5.17. The van der Waals surface area contributed by atoms with Crippen LogP contribution in [0.25, 0.3) is 5.69 Å². The van der Waals surface area contributed by atoms with Crippen LogP contribution in [0.3, 0.4) is 0 Å². The number of rotatable bonds is 4. The van der Waals surface area contributed by atoms with Crippen molar-refractivity contribution in [1.29, 1.82) is 0 Å². The van der Waals surface area contributed by atoms with E-state index in [9.17, 15) is 0 Å². The fraction of sp³-hybridized carbons (Fsp3) is 0.250. The van der Waals surface area contributed by atoms with Crippen molar-refractivity contribution in [3.63, 3.8) is 0 Å². The minimum Gasteiger partial charge on any atom is -0.474 e. The minimum atomic E-state index is -0.484. The lowest BCUT2D eigenvalue weighted by Crippen LogP contribution is -2.13. The predicted octanol–water partition coefficient (Wildman–Crippen LogP) is 1.63. The van der Waals surface area contributed by atoms with Gasteiger partial charge in [0.2, 0.25) is 5.88 Å². The van der Waals surface area contributed by atoms with E-state index in [-0.39, 0.29) is 6.61 Å². The van der Waals surface area contributed by atoms with Crippen molar-refractivity contribution in [2.75, 3.05) is 6.61 Å². The van der Waals surface area contributed by atoms with Gasteiger partial charge in [-0.2, -0.15) is 0 Å². The molecule has 4 nitrogen and oxygen atoms in total. The third-order valence-electron chi connectivity index (χ3n) is 2.06. The van der Waals surface area contributed by atoms with E-state index in [0.29, 0.717) is 5.88 Å². The Kier molecular flexibility index (Phi) is 3.22. The molecule has 4 heteroatoms. The Bertz CT molecular complexity index is 437. The van der Waals surface area contributed by atoms with Crippen LogP contribution in [0, 0.1) is 0 Å². The first-order chi connectivity index (χ1) is 7.75. The molecule has 0 saturated heterocycles. The highest BCUT2D eigenvalue weighted by molar-refractivity contribution is 5.31. The van der Waals surface area contributed by atoms with Gasteiger partial charge < -0.3 is 9.84 Å². The molecule has 0 unspecified atom stereocenters. The number of aliphatic hydroxyl groups excluding tert-OH is 1. The third kappa shape index (κ3) is 2.61. The highest BCUT2D eigenvalue weighted by atomic mass is 16.5. The molecule has 0 aliphatic carbocycles. The standard InChI is InChI=1S/C12H14N2O2/c1-10(15)9-16-12-7-8-14(13-12)11-5-3-2-4-6-11/h2-8,10,15H,9H2,1H3/t10-/m0/s1. The Balaban J connectivity index is 2.08. The quantitative estimate of drug-likeness (QED) is 0.848. The molecule has 1 N–H and O–H groups in total. The molecule has 0 aliphatic rings. The summed E-state index contributed by atoms with van der Waals surface area (Å²) in [5.74, 6) is 0.518. The van der Waals surface area contributed by atoms with Crippen LogP contribution >= 0.6 is 0 Å². The van der Waals surface area contributed by atoms with Crippen LogP contribution in [0.2, 0.25) is 0 Å². The maximum absolute atomic E-state index is 9.08. The molecule has 0 bridgehead atoms. The topological polar surface area (TPSA) is 47.3 Å². The summed E-state index contributed by atoms with van der Waals surface area (Å²) >= 11 is 0. The minimum absolute atomic E-state index is 0.256. The van der Waals surface area contributed by atoms with Crippen LogP contribution in [-0.2, 0) is 0 Å². The lowest BCUT2D eigenvalue weighted by Gasteiger charge is -2.04. The number of para-hydroxylation sites is 1. The highest BCUT2D eigenvalue weighted by Crippen LogP contribution is 2.11. The number of nitrogens with zero attached hydrogens (tertiary/aromatic N) is 2. The largest absolute Gasteiger partial charge is 0.474 e. The van der Waals surface area contributed by atoms with Crippen molar-refractivity contribution in [3.8, 4) is 11.6 Å². The normalized spacial score (nSPS) is 12.4. The van der Waals surface area contributed by atoms with E-state index in [1.54, 1.807) is 17.7 Å². The third-order valence-corrected chi connectivity index (χ3v) is 2.06. The van der Waals surface area contributed by atoms with Crippen LogP contribution in [0.15, 0.2) is 42.6 Å². The van der Waals surface area contributed by atoms with Crippen LogP contribution in [-0.4, -0.2) is 27.6 Å². The zero-order chi connectivity index (χ0) is 11.4. The van der Waals surface area contributed by atoms with Crippen molar-refractivity contribution < 1.29 is 9.84 Å². The Morgan fingerprint density at radius 3 is 2.75 bits per heavy atom. The first kappa shape index (κ1) is 10.7. The molecular formula is C12H14N2O2. The fourth-order valence-corrected chi connectivity index (χ4v) is 1.31. The molecule has 1 aromatic carbocycles. The molecule has 0 saturated carbocycles. The SMILES string of the molecule is C[C@H](O)COc1ccn(-c2ccccc2)n1. The summed E-state index contributed by atoms with van der Waals surface area (Å²) in [6, 6.07) is 11.6. The summed E-state index contributed by atoms with van der Waals surface area (Å²) in [5, 5.41) is 13.3. The van der Waals surface area contributed by atoms with Crippen molar-refractivity contribution in [2.45, 2.75) is 13.0 Å². The summed E-state index contributed by atoms with van der Waals surface area (Å²) in [6.45, 7) is 1.93. The van der Waals surface area contributed by atoms with Gasteiger partial charge in [0.15, 0.2) is 0 Å². The molecule has 1 atom stereocenters. The molecule has 0 spiro atoms. The van der Waals surface area contributed by atoms with Gasteiger partial charge in [-0.3, -0.25) is 0 Å². The van der Waals surface area contributed by atoms with Gasteiger partial charge in [0.25, 0.3) is 0 Å². The summed E-state index contributed by atoms with van der Waals surface area (Å²) in [4.78, 5) is 0. The molecule has 0 fully saturated rings. The molecule has 16 heavy (non-hydrogen) atoms. The van der Waals surface area contributed by atoms with E-state index < -0.39 is 6.10 Å². The second-order valence-electron chi connectivity index (χ2n) is 3.59. The van der Waals surface area contributed by atoms with Gasteiger partial charge in [-0.05, 0) is 19.1 Å². The summed E-state index contributed by atoms with van der Waals surface area (Å²) < 4.78 is 7.02. The van der Waals surface area contributed by atoms with Crippen molar-refractivity contribution in [2.24, 2.45) is 0 Å². The smallest absolute Gasteiger partial charge is 0.233 e. The average molecular weight is 218 g/mol. The summed E-state index contributed by atoms with van der Waals surface area (Å²) in [7, 11) is 0. The molecule has 2 aromatic rings. The molecule has 1 aromatic heterocycles. The van der Waals surface area contributed by atoms with Crippen LogP contribution < -0.4 is 4.74 Å². The number of aromatic nitrogens is 2. The van der Waals surface area contributed by atoms with E-state index in [0.717, 1.165) is 5.69 Å². The average Bonchev–Trinajstić information content (AvgIpc) is 2.76. The number of hydrogen-bond acceptors (Lipinski definition) is 3. The van der Waals surface area contributed by atoms with E-state index in [2.05, 4.69) is 5.10 Å². The van der Waals surface area contributed by atoms with Gasteiger partial charge in [0.1, 0.15) is 6.61 Å².